The molecule has 4 aromatic carbocycles. The Morgan fingerprint density at radius 1 is 0.633 bits per heavy atom. The average Bonchev–Trinajstić information content (AvgIpc) is 3.18. The molecule has 30 heavy (non-hydrogen) atoms. The van der Waals surface area contributed by atoms with Gasteiger partial charge in [0, 0.05) is 0 Å². The number of hydrogen-bond acceptors (Lipinski definition) is 0. The second kappa shape index (κ2) is 10.3. The van der Waals surface area contributed by atoms with Gasteiger partial charge in [-0.1, -0.05) is 103 Å². The van der Waals surface area contributed by atoms with Crippen LogP contribution in [0.2, 0.25) is 0 Å². The van der Waals surface area contributed by atoms with Crippen molar-refractivity contribution in [1.82, 2.24) is 0 Å². The van der Waals surface area contributed by atoms with Crippen LogP contribution in [-0.4, -0.2) is 0 Å². The predicted molar refractivity (Wildman–Crippen MR) is 125 cm³/mol. The fraction of sp³-hybridized carbons (Fsp3) is 0.0769. The first-order chi connectivity index (χ1) is 14.8. The molecule has 148 valence electrons. The van der Waals surface area contributed by atoms with Gasteiger partial charge in [0.2, 0.25) is 0 Å². The molecule has 4 aromatic rings. The Hall–Kier alpha value is -2.03. The minimum Gasteiger partial charge on any atom is -0.681 e. The fourth-order valence-corrected chi connectivity index (χ4v) is 4.04. The summed E-state index contributed by atoms with van der Waals surface area (Å²) in [7, 11) is 9.78. The maximum absolute atomic E-state index is 4.89. The molecule has 0 amide bonds. The standard InChI is InChI=1S/C26H20N.2ClH.Ti/c1-2-11-21(12-3-1)27-18-20-10-5-7-14-23(20)25-16-8-15-24-22-13-6-4-9-19(22)17-26(24)25;;;/h1-16H,17-18H2;2*1H;/q-1;;;+2/p-2. The monoisotopic (exact) mass is 464 g/mol. The summed E-state index contributed by atoms with van der Waals surface area (Å²) in [6, 6.07) is 34.3. The molecular formula is C26H20Cl2NTi-. The van der Waals surface area contributed by atoms with Crippen LogP contribution in [0.25, 0.3) is 27.6 Å². The molecule has 1 nitrogen and oxygen atoms in total. The number of nitrogens with zero attached hydrogens (tertiary/aromatic N) is 1. The Bertz CT molecular complexity index is 1130. The van der Waals surface area contributed by atoms with Crippen molar-refractivity contribution in [2.75, 3.05) is 0 Å². The van der Waals surface area contributed by atoms with Gasteiger partial charge in [-0.25, -0.2) is 0 Å². The molecule has 4 heteroatoms. The maximum Gasteiger partial charge on any atom is -0.000728 e. The van der Waals surface area contributed by atoms with Gasteiger partial charge in [0.25, 0.3) is 0 Å². The van der Waals surface area contributed by atoms with Gasteiger partial charge >= 0.3 is 35.6 Å². The molecule has 0 aromatic heterocycles. The third kappa shape index (κ3) is 4.66. The fourth-order valence-electron chi connectivity index (χ4n) is 4.04. The molecule has 1 aliphatic rings. The Morgan fingerprint density at radius 3 is 1.97 bits per heavy atom. The summed E-state index contributed by atoms with van der Waals surface area (Å²) in [4.78, 5) is 0. The number of rotatable bonds is 4. The number of fused-ring (bicyclic) bond motifs is 3. The first-order valence-corrected chi connectivity index (χ1v) is 14.1. The van der Waals surface area contributed by atoms with Crippen LogP contribution in [0.1, 0.15) is 16.7 Å². The van der Waals surface area contributed by atoms with Gasteiger partial charge in [0.05, 0.1) is 0 Å². The van der Waals surface area contributed by atoms with Gasteiger partial charge in [-0.15, -0.1) is 12.2 Å². The van der Waals surface area contributed by atoms with E-state index in [4.69, 9.17) is 23.9 Å². The largest absolute Gasteiger partial charge is 0.681 e. The summed E-state index contributed by atoms with van der Waals surface area (Å²) >= 11 is -0.556. The van der Waals surface area contributed by atoms with E-state index in [0.29, 0.717) is 6.54 Å². The van der Waals surface area contributed by atoms with Gasteiger partial charge in [-0.3, -0.25) is 0 Å². The first kappa shape index (κ1) is 21.2. The Kier molecular flexibility index (Phi) is 7.30. The van der Waals surface area contributed by atoms with Crippen molar-refractivity contribution in [3.63, 3.8) is 0 Å². The third-order valence-electron chi connectivity index (χ3n) is 5.35. The number of benzene rings is 4. The molecule has 0 radical (unpaired) electrons. The van der Waals surface area contributed by atoms with Crippen molar-refractivity contribution in [3.8, 4) is 22.3 Å². The topological polar surface area (TPSA) is 14.1 Å². The molecule has 0 aliphatic heterocycles. The zero-order valence-electron chi connectivity index (χ0n) is 16.4. The van der Waals surface area contributed by atoms with Crippen LogP contribution in [0, 0.1) is 0 Å². The van der Waals surface area contributed by atoms with Crippen LogP contribution in [0.4, 0.5) is 5.69 Å². The zero-order valence-corrected chi connectivity index (χ0v) is 19.4. The van der Waals surface area contributed by atoms with Crippen molar-refractivity contribution in [2.24, 2.45) is 0 Å². The van der Waals surface area contributed by atoms with Gasteiger partial charge in [-0.05, 0) is 39.8 Å². The maximum atomic E-state index is 4.89. The molecule has 0 N–H and O–H groups in total. The normalized spacial score (nSPS) is 11.0. The summed E-state index contributed by atoms with van der Waals surface area (Å²) in [6.07, 6.45) is 1.01. The second-order valence-corrected chi connectivity index (χ2v) is 9.63. The van der Waals surface area contributed by atoms with Gasteiger partial charge in [0.1, 0.15) is 0 Å². The molecule has 0 bridgehead atoms. The molecule has 0 atom stereocenters. The Balaban J connectivity index is 0.000000687. The van der Waals surface area contributed by atoms with Crippen LogP contribution in [0.5, 0.6) is 0 Å². The number of halogens is 2. The summed E-state index contributed by atoms with van der Waals surface area (Å²) in [5.41, 5.74) is 10.5. The third-order valence-corrected chi connectivity index (χ3v) is 5.35. The molecule has 0 heterocycles. The molecule has 5 rings (SSSR count). The van der Waals surface area contributed by atoms with E-state index < -0.39 is 17.0 Å². The summed E-state index contributed by atoms with van der Waals surface area (Å²) in [5, 5.41) is 4.80. The summed E-state index contributed by atoms with van der Waals surface area (Å²) in [5.74, 6) is 0. The van der Waals surface area contributed by atoms with Crippen molar-refractivity contribution < 1.29 is 17.0 Å². The second-order valence-electron chi connectivity index (χ2n) is 7.05. The van der Waals surface area contributed by atoms with Crippen LogP contribution >= 0.6 is 18.6 Å². The minimum atomic E-state index is -0.556. The average molecular weight is 465 g/mol. The number of para-hydroxylation sites is 1. The predicted octanol–water partition coefficient (Wildman–Crippen LogP) is 8.51. The van der Waals surface area contributed by atoms with E-state index in [1.807, 2.05) is 18.2 Å². The van der Waals surface area contributed by atoms with Crippen LogP contribution in [0.3, 0.4) is 0 Å². The SMILES string of the molecule is [Cl][Ti][Cl].c1ccc([N-]Cc2ccccc2-c2cccc3c2Cc2ccccc2-3)cc1. The van der Waals surface area contributed by atoms with E-state index in [-0.39, 0.29) is 0 Å². The van der Waals surface area contributed by atoms with Gasteiger partial charge in [0.15, 0.2) is 0 Å². The van der Waals surface area contributed by atoms with Crippen LogP contribution in [0.15, 0.2) is 97.1 Å². The Morgan fingerprint density at radius 2 is 1.20 bits per heavy atom. The van der Waals surface area contributed by atoms with Crippen molar-refractivity contribution in [1.29, 1.82) is 0 Å². The number of hydrogen-bond donors (Lipinski definition) is 0. The van der Waals surface area contributed by atoms with Gasteiger partial charge < -0.3 is 5.32 Å². The molecule has 1 aliphatic carbocycles. The quantitative estimate of drug-likeness (QED) is 0.236. The molecular weight excluding hydrogens is 445 g/mol. The first-order valence-electron chi connectivity index (χ1n) is 9.79. The van der Waals surface area contributed by atoms with E-state index in [9.17, 15) is 0 Å². The molecule has 0 unspecified atom stereocenters. The van der Waals surface area contributed by atoms with Gasteiger partial charge in [-0.2, -0.15) is 0 Å². The van der Waals surface area contributed by atoms with Crippen LogP contribution < -0.4 is 0 Å². The van der Waals surface area contributed by atoms with E-state index in [2.05, 4.69) is 78.9 Å². The van der Waals surface area contributed by atoms with Crippen molar-refractivity contribution >= 4 is 24.3 Å². The van der Waals surface area contributed by atoms with E-state index in [1.54, 1.807) is 0 Å². The summed E-state index contributed by atoms with van der Waals surface area (Å²) < 4.78 is 0. The zero-order chi connectivity index (χ0) is 20.8. The molecule has 0 spiro atoms. The summed E-state index contributed by atoms with van der Waals surface area (Å²) in [6.45, 7) is 0.691. The molecule has 0 saturated heterocycles. The van der Waals surface area contributed by atoms with Crippen LogP contribution in [-0.2, 0) is 30.0 Å². The smallest absolute Gasteiger partial charge is 0.000728 e. The van der Waals surface area contributed by atoms with Crippen molar-refractivity contribution in [2.45, 2.75) is 13.0 Å². The van der Waals surface area contributed by atoms with E-state index in [0.717, 1.165) is 12.1 Å². The molecule has 0 fully saturated rings. The van der Waals surface area contributed by atoms with E-state index in [1.165, 1.54) is 38.9 Å². The van der Waals surface area contributed by atoms with Crippen molar-refractivity contribution in [3.05, 3.63) is 119 Å². The molecule has 0 saturated carbocycles. The Labute approximate surface area is 194 Å². The van der Waals surface area contributed by atoms with E-state index >= 15 is 0 Å². The minimum absolute atomic E-state index is 0.556.